The second kappa shape index (κ2) is 10.3. The fraction of sp³-hybridized carbons (Fsp3) is 0.0741. The molecule has 0 aliphatic carbocycles. The largest absolute Gasteiger partial charge is 0.345 e. The van der Waals surface area contributed by atoms with Gasteiger partial charge in [0, 0.05) is 17.3 Å². The molecular weight excluding hydrogens is 494 g/mol. The van der Waals surface area contributed by atoms with E-state index in [-0.39, 0.29) is 24.6 Å². The summed E-state index contributed by atoms with van der Waals surface area (Å²) in [5.74, 6) is 2.77. The quantitative estimate of drug-likeness (QED) is 0.280. The summed E-state index contributed by atoms with van der Waals surface area (Å²) < 4.78 is 27.8. The molecule has 1 aliphatic heterocycles. The Labute approximate surface area is 214 Å². The highest BCUT2D eigenvalue weighted by molar-refractivity contribution is 6.34. The number of rotatable bonds is 5. The molecule has 38 heavy (non-hydrogen) atoms. The Hall–Kier alpha value is -5.37. The fourth-order valence-corrected chi connectivity index (χ4v) is 3.84. The number of halogens is 2. The Balaban J connectivity index is 1.24. The molecule has 3 N–H and O–H groups in total. The van der Waals surface area contributed by atoms with Crippen LogP contribution in [0.4, 0.5) is 14.5 Å². The van der Waals surface area contributed by atoms with E-state index in [1.54, 1.807) is 30.5 Å². The van der Waals surface area contributed by atoms with Gasteiger partial charge < -0.3 is 15.6 Å². The minimum atomic E-state index is -1.03. The van der Waals surface area contributed by atoms with Gasteiger partial charge in [0.25, 0.3) is 17.4 Å². The van der Waals surface area contributed by atoms with Crippen molar-refractivity contribution in [2.75, 3.05) is 11.9 Å². The molecule has 188 valence electrons. The van der Waals surface area contributed by atoms with Crippen molar-refractivity contribution < 1.29 is 18.4 Å². The van der Waals surface area contributed by atoms with E-state index in [0.29, 0.717) is 28.1 Å². The van der Waals surface area contributed by atoms with E-state index in [1.807, 2.05) is 0 Å². The maximum absolute atomic E-state index is 13.5. The molecule has 0 radical (unpaired) electrons. The number of amides is 2. The summed E-state index contributed by atoms with van der Waals surface area (Å²) >= 11 is 0. The van der Waals surface area contributed by atoms with Crippen LogP contribution in [0.5, 0.6) is 0 Å². The molecule has 0 fully saturated rings. The molecule has 1 aliphatic rings. The average molecular weight is 512 g/mol. The number of nitrogens with one attached hydrogen (secondary N) is 3. The van der Waals surface area contributed by atoms with Gasteiger partial charge in [-0.1, -0.05) is 24.0 Å². The number of aromatic nitrogens is 4. The van der Waals surface area contributed by atoms with E-state index in [9.17, 15) is 23.2 Å². The van der Waals surface area contributed by atoms with E-state index in [0.717, 1.165) is 28.5 Å². The van der Waals surface area contributed by atoms with Crippen molar-refractivity contribution in [3.63, 3.8) is 0 Å². The first kappa shape index (κ1) is 24.3. The number of nitrogens with zero attached hydrogens (tertiary/aromatic N) is 3. The van der Waals surface area contributed by atoms with Gasteiger partial charge in [-0.25, -0.2) is 18.7 Å². The number of anilines is 1. The second-order valence-electron chi connectivity index (χ2n) is 8.25. The van der Waals surface area contributed by atoms with Crippen molar-refractivity contribution in [1.29, 1.82) is 0 Å². The van der Waals surface area contributed by atoms with Crippen LogP contribution in [0.3, 0.4) is 0 Å². The number of H-pyrrole nitrogens is 1. The second-order valence-corrected chi connectivity index (χ2v) is 8.25. The number of hydrogen-bond donors (Lipinski definition) is 3. The van der Waals surface area contributed by atoms with Gasteiger partial charge in [0.05, 0.1) is 48.9 Å². The van der Waals surface area contributed by atoms with E-state index >= 15 is 0 Å². The summed E-state index contributed by atoms with van der Waals surface area (Å²) in [5.41, 5.74) is 2.67. The summed E-state index contributed by atoms with van der Waals surface area (Å²) in [6.07, 6.45) is 7.18. The number of carbonyl (C=O) groups excluding carboxylic acids is 2. The van der Waals surface area contributed by atoms with Gasteiger partial charge in [0.2, 0.25) is 0 Å². The lowest BCUT2D eigenvalue weighted by atomic mass is 10.0. The van der Waals surface area contributed by atoms with Crippen molar-refractivity contribution in [2.24, 2.45) is 0 Å². The molecule has 4 aromatic rings. The third kappa shape index (κ3) is 5.10. The van der Waals surface area contributed by atoms with Crippen LogP contribution < -0.4 is 16.2 Å². The number of fused-ring (bicyclic) bond motifs is 1. The van der Waals surface area contributed by atoms with Crippen LogP contribution in [-0.2, 0) is 11.3 Å². The van der Waals surface area contributed by atoms with Gasteiger partial charge in [0.15, 0.2) is 11.6 Å². The Bertz CT molecular complexity index is 1710. The van der Waals surface area contributed by atoms with Gasteiger partial charge in [0.1, 0.15) is 5.56 Å². The highest BCUT2D eigenvalue weighted by Gasteiger charge is 2.24. The molecule has 2 amide bonds. The smallest absolute Gasteiger partial charge is 0.266 e. The topological polar surface area (TPSA) is 122 Å². The Morgan fingerprint density at radius 3 is 2.74 bits per heavy atom. The zero-order valence-corrected chi connectivity index (χ0v) is 19.6. The molecule has 0 bridgehead atoms. The molecule has 0 unspecified atom stereocenters. The van der Waals surface area contributed by atoms with Crippen molar-refractivity contribution in [1.82, 2.24) is 24.8 Å². The van der Waals surface area contributed by atoms with Crippen LogP contribution in [0.1, 0.15) is 32.7 Å². The van der Waals surface area contributed by atoms with Gasteiger partial charge in [-0.15, -0.1) is 0 Å². The van der Waals surface area contributed by atoms with Gasteiger partial charge in [-0.05, 0) is 35.9 Å². The van der Waals surface area contributed by atoms with Crippen molar-refractivity contribution in [2.45, 2.75) is 6.54 Å². The molecule has 2 aromatic heterocycles. The Morgan fingerprint density at radius 2 is 1.95 bits per heavy atom. The lowest BCUT2D eigenvalue weighted by molar-refractivity contribution is -0.110. The monoisotopic (exact) mass is 512 g/mol. The highest BCUT2D eigenvalue weighted by atomic mass is 19.2. The van der Waals surface area contributed by atoms with Crippen LogP contribution >= 0.6 is 0 Å². The first-order chi connectivity index (χ1) is 18.4. The average Bonchev–Trinajstić information content (AvgIpc) is 3.53. The highest BCUT2D eigenvalue weighted by Crippen LogP contribution is 2.33. The lowest BCUT2D eigenvalue weighted by Gasteiger charge is -2.08. The molecule has 3 heterocycles. The minimum absolute atomic E-state index is 0.0508. The SMILES string of the molecule is O=C1Nc2cc(C#CCNC(=O)c3cncn(Cc4ccc(F)c(F)c4)c3=O)ccc2C1=Cc1cnc[nH]1. The molecule has 9 nitrogen and oxygen atoms in total. The predicted molar refractivity (Wildman–Crippen MR) is 135 cm³/mol. The van der Waals surface area contributed by atoms with Crippen molar-refractivity contribution in [3.05, 3.63) is 111 Å². The van der Waals surface area contributed by atoms with Crippen LogP contribution in [0, 0.1) is 23.5 Å². The standard InChI is InChI=1S/C27H18F2N6O3/c28-22-6-4-17(8-23(22)29)13-35-15-31-12-21(27(35)38)25(36)32-7-1-2-16-3-5-19-20(10-18-11-30-14-33-18)26(37)34-24(19)9-16/h3-6,8-12,14-15H,7,13H2,(H,30,33)(H,32,36)(H,34,37). The van der Waals surface area contributed by atoms with Crippen LogP contribution in [0.15, 0.2) is 66.2 Å². The van der Waals surface area contributed by atoms with E-state index in [4.69, 9.17) is 0 Å². The molecule has 2 aromatic carbocycles. The molecule has 0 saturated carbocycles. The predicted octanol–water partition coefficient (Wildman–Crippen LogP) is 2.57. The summed E-state index contributed by atoms with van der Waals surface area (Å²) in [7, 11) is 0. The zero-order chi connectivity index (χ0) is 26.6. The third-order valence-electron chi connectivity index (χ3n) is 5.67. The third-order valence-corrected chi connectivity index (χ3v) is 5.67. The van der Waals surface area contributed by atoms with E-state index < -0.39 is 23.1 Å². The van der Waals surface area contributed by atoms with Crippen LogP contribution in [-0.4, -0.2) is 37.9 Å². The summed E-state index contributed by atoms with van der Waals surface area (Å²) in [5, 5.41) is 5.35. The van der Waals surface area contributed by atoms with Crippen LogP contribution in [0.2, 0.25) is 0 Å². The minimum Gasteiger partial charge on any atom is -0.345 e. The van der Waals surface area contributed by atoms with Crippen molar-refractivity contribution >= 4 is 29.2 Å². The van der Waals surface area contributed by atoms with E-state index in [1.165, 1.54) is 18.7 Å². The maximum Gasteiger partial charge on any atom is 0.266 e. The molecule has 0 atom stereocenters. The zero-order valence-electron chi connectivity index (χ0n) is 19.6. The summed E-state index contributed by atoms with van der Waals surface area (Å²) in [4.78, 5) is 48.4. The molecule has 0 saturated heterocycles. The first-order valence-corrected chi connectivity index (χ1v) is 11.3. The lowest BCUT2D eigenvalue weighted by Crippen LogP contribution is -2.33. The fourth-order valence-electron chi connectivity index (χ4n) is 3.84. The summed E-state index contributed by atoms with van der Waals surface area (Å²) in [6, 6.07) is 8.55. The van der Waals surface area contributed by atoms with Gasteiger partial charge in [-0.3, -0.25) is 19.0 Å². The maximum atomic E-state index is 13.5. The van der Waals surface area contributed by atoms with Crippen LogP contribution in [0.25, 0.3) is 11.6 Å². The van der Waals surface area contributed by atoms with Crippen molar-refractivity contribution in [3.8, 4) is 11.8 Å². The molecule has 11 heteroatoms. The summed E-state index contributed by atoms with van der Waals surface area (Å²) in [6.45, 7) is -0.137. The molecule has 0 spiro atoms. The Kier molecular flexibility index (Phi) is 6.61. The molecule has 5 rings (SSSR count). The number of imidazole rings is 1. The number of benzene rings is 2. The normalized spacial score (nSPS) is 13.0. The molecular formula is C27H18F2N6O3. The van der Waals surface area contributed by atoms with Gasteiger partial charge >= 0.3 is 0 Å². The number of aromatic amines is 1. The van der Waals surface area contributed by atoms with E-state index in [2.05, 4.69) is 37.4 Å². The first-order valence-electron chi connectivity index (χ1n) is 11.3. The Morgan fingerprint density at radius 1 is 1.08 bits per heavy atom. The number of carbonyl (C=O) groups is 2. The van der Waals surface area contributed by atoms with Gasteiger partial charge in [-0.2, -0.15) is 0 Å². The number of hydrogen-bond acceptors (Lipinski definition) is 5.